The van der Waals surface area contributed by atoms with Gasteiger partial charge in [0.25, 0.3) is 0 Å². The molecular weight excluding hydrogens is 272 g/mol. The average molecular weight is 290 g/mol. The Bertz CT molecular complexity index is 694. The number of hydrogen-bond donors (Lipinski definition) is 2. The number of nitrogens with two attached hydrogens (primary N) is 1. The third-order valence-electron chi connectivity index (χ3n) is 3.12. The Morgan fingerprint density at radius 2 is 1.65 bits per heavy atom. The number of aryl methyl sites for hydroxylation is 1. The summed E-state index contributed by atoms with van der Waals surface area (Å²) in [4.78, 5) is 0.110. The third kappa shape index (κ3) is 3.18. The summed E-state index contributed by atoms with van der Waals surface area (Å²) in [6.45, 7) is 3.80. The number of anilines is 1. The summed E-state index contributed by atoms with van der Waals surface area (Å²) < 4.78 is 27.3. The Morgan fingerprint density at radius 1 is 1.05 bits per heavy atom. The van der Waals surface area contributed by atoms with Gasteiger partial charge in [-0.15, -0.1) is 0 Å². The molecule has 4 nitrogen and oxygen atoms in total. The molecule has 0 bridgehead atoms. The summed E-state index contributed by atoms with van der Waals surface area (Å²) in [7, 11) is -3.62. The summed E-state index contributed by atoms with van der Waals surface area (Å²) in [6, 6.07) is 13.9. The minimum atomic E-state index is -3.62. The number of benzene rings is 2. The molecule has 0 aliphatic rings. The van der Waals surface area contributed by atoms with Gasteiger partial charge in [-0.1, -0.05) is 42.0 Å². The predicted octanol–water partition coefficient (Wildman–Crippen LogP) is 2.62. The van der Waals surface area contributed by atoms with Crippen LogP contribution in [0.2, 0.25) is 0 Å². The highest BCUT2D eigenvalue weighted by molar-refractivity contribution is 7.89. The Morgan fingerprint density at radius 3 is 2.25 bits per heavy atom. The van der Waals surface area contributed by atoms with Crippen molar-refractivity contribution in [3.63, 3.8) is 0 Å². The molecule has 5 heteroatoms. The largest absolute Gasteiger partial charge is 0.398 e. The summed E-state index contributed by atoms with van der Waals surface area (Å²) in [5.41, 5.74) is 8.01. The molecule has 0 aliphatic heterocycles. The van der Waals surface area contributed by atoms with E-state index in [0.717, 1.165) is 11.1 Å². The van der Waals surface area contributed by atoms with Crippen LogP contribution in [0.5, 0.6) is 0 Å². The quantitative estimate of drug-likeness (QED) is 0.850. The van der Waals surface area contributed by atoms with Crippen molar-refractivity contribution in [2.75, 3.05) is 5.73 Å². The first-order chi connectivity index (χ1) is 9.40. The van der Waals surface area contributed by atoms with Crippen LogP contribution in [0.1, 0.15) is 24.1 Å². The van der Waals surface area contributed by atoms with Gasteiger partial charge in [0.2, 0.25) is 10.0 Å². The smallest absolute Gasteiger partial charge is 0.243 e. The number of rotatable bonds is 4. The van der Waals surface area contributed by atoms with E-state index in [4.69, 9.17) is 5.73 Å². The molecule has 0 saturated carbocycles. The van der Waals surface area contributed by atoms with Crippen molar-refractivity contribution in [1.82, 2.24) is 4.72 Å². The highest BCUT2D eigenvalue weighted by atomic mass is 32.2. The van der Waals surface area contributed by atoms with Crippen LogP contribution in [0, 0.1) is 6.92 Å². The second-order valence-corrected chi connectivity index (χ2v) is 6.47. The van der Waals surface area contributed by atoms with Crippen LogP contribution in [-0.2, 0) is 10.0 Å². The summed E-state index contributed by atoms with van der Waals surface area (Å²) >= 11 is 0. The fraction of sp³-hybridized carbons (Fsp3) is 0.200. The molecule has 0 aliphatic carbocycles. The zero-order valence-electron chi connectivity index (χ0n) is 11.5. The maximum Gasteiger partial charge on any atom is 0.243 e. The van der Waals surface area contributed by atoms with E-state index in [0.29, 0.717) is 0 Å². The van der Waals surface area contributed by atoms with Gasteiger partial charge in [-0.3, -0.25) is 0 Å². The lowest BCUT2D eigenvalue weighted by atomic mass is 10.1. The molecule has 2 aromatic rings. The Kier molecular flexibility index (Phi) is 4.11. The van der Waals surface area contributed by atoms with E-state index < -0.39 is 10.0 Å². The molecule has 1 atom stereocenters. The van der Waals surface area contributed by atoms with Crippen LogP contribution in [0.4, 0.5) is 5.69 Å². The van der Waals surface area contributed by atoms with Gasteiger partial charge in [0.1, 0.15) is 4.90 Å². The minimum absolute atomic E-state index is 0.110. The zero-order valence-corrected chi connectivity index (χ0v) is 12.3. The van der Waals surface area contributed by atoms with Gasteiger partial charge in [-0.05, 0) is 31.5 Å². The van der Waals surface area contributed by atoms with Crippen molar-refractivity contribution in [2.45, 2.75) is 24.8 Å². The second kappa shape index (κ2) is 5.64. The fourth-order valence-corrected chi connectivity index (χ4v) is 3.31. The van der Waals surface area contributed by atoms with E-state index in [1.54, 1.807) is 25.1 Å². The minimum Gasteiger partial charge on any atom is -0.398 e. The molecule has 106 valence electrons. The molecule has 0 radical (unpaired) electrons. The van der Waals surface area contributed by atoms with E-state index in [2.05, 4.69) is 4.72 Å². The van der Waals surface area contributed by atoms with Crippen molar-refractivity contribution in [3.05, 3.63) is 59.7 Å². The van der Waals surface area contributed by atoms with Gasteiger partial charge in [0, 0.05) is 6.04 Å². The van der Waals surface area contributed by atoms with Crippen LogP contribution in [0.25, 0.3) is 0 Å². The Labute approximate surface area is 119 Å². The molecule has 0 saturated heterocycles. The van der Waals surface area contributed by atoms with Crippen molar-refractivity contribution >= 4 is 15.7 Å². The SMILES string of the molecule is Cc1ccc(C(C)NS(=O)(=O)c2ccccc2N)cc1. The van der Waals surface area contributed by atoms with Gasteiger partial charge in [0.05, 0.1) is 5.69 Å². The highest BCUT2D eigenvalue weighted by Gasteiger charge is 2.20. The normalized spacial score (nSPS) is 13.1. The van der Waals surface area contributed by atoms with Gasteiger partial charge >= 0.3 is 0 Å². The standard InChI is InChI=1S/C15H18N2O2S/c1-11-7-9-13(10-8-11)12(2)17-20(18,19)15-6-4-3-5-14(15)16/h3-10,12,17H,16H2,1-2H3. The number of hydrogen-bond acceptors (Lipinski definition) is 3. The van der Waals surface area contributed by atoms with E-state index >= 15 is 0 Å². The number of para-hydroxylation sites is 1. The third-order valence-corrected chi connectivity index (χ3v) is 4.73. The van der Waals surface area contributed by atoms with Crippen LogP contribution < -0.4 is 10.5 Å². The Balaban J connectivity index is 2.24. The number of nitrogen functional groups attached to an aromatic ring is 1. The predicted molar refractivity (Wildman–Crippen MR) is 80.8 cm³/mol. The molecule has 0 aromatic heterocycles. The number of nitrogens with one attached hydrogen (secondary N) is 1. The van der Waals surface area contributed by atoms with Gasteiger partial charge in [-0.2, -0.15) is 0 Å². The Hall–Kier alpha value is -1.85. The van der Waals surface area contributed by atoms with Gasteiger partial charge in [0.15, 0.2) is 0 Å². The molecule has 0 heterocycles. The first kappa shape index (κ1) is 14.6. The lowest BCUT2D eigenvalue weighted by molar-refractivity contribution is 0.567. The molecular formula is C15H18N2O2S. The first-order valence-electron chi connectivity index (χ1n) is 6.33. The molecule has 20 heavy (non-hydrogen) atoms. The van der Waals surface area contributed by atoms with Crippen molar-refractivity contribution < 1.29 is 8.42 Å². The molecule has 3 N–H and O–H groups in total. The summed E-state index contributed by atoms with van der Waals surface area (Å²) in [6.07, 6.45) is 0. The molecule has 0 amide bonds. The summed E-state index contributed by atoms with van der Waals surface area (Å²) in [5, 5.41) is 0. The molecule has 0 fully saturated rings. The molecule has 2 aromatic carbocycles. The van der Waals surface area contributed by atoms with E-state index in [-0.39, 0.29) is 16.6 Å². The lowest BCUT2D eigenvalue weighted by Crippen LogP contribution is -2.27. The van der Waals surface area contributed by atoms with Gasteiger partial charge in [-0.25, -0.2) is 13.1 Å². The second-order valence-electron chi connectivity index (χ2n) is 4.79. The number of sulfonamides is 1. The zero-order chi connectivity index (χ0) is 14.8. The lowest BCUT2D eigenvalue weighted by Gasteiger charge is -2.15. The van der Waals surface area contributed by atoms with Crippen LogP contribution in [0.15, 0.2) is 53.4 Å². The van der Waals surface area contributed by atoms with Crippen LogP contribution in [0.3, 0.4) is 0 Å². The maximum atomic E-state index is 12.3. The monoisotopic (exact) mass is 290 g/mol. The molecule has 1 unspecified atom stereocenters. The topological polar surface area (TPSA) is 72.2 Å². The van der Waals surface area contributed by atoms with Crippen molar-refractivity contribution in [3.8, 4) is 0 Å². The summed E-state index contributed by atoms with van der Waals surface area (Å²) in [5.74, 6) is 0. The fourth-order valence-electron chi connectivity index (χ4n) is 1.94. The highest BCUT2D eigenvalue weighted by Crippen LogP contribution is 2.21. The van der Waals surface area contributed by atoms with E-state index in [1.807, 2.05) is 31.2 Å². The van der Waals surface area contributed by atoms with Crippen molar-refractivity contribution in [2.24, 2.45) is 0 Å². The molecule has 0 spiro atoms. The average Bonchev–Trinajstić information content (AvgIpc) is 2.39. The van der Waals surface area contributed by atoms with Crippen LogP contribution >= 0.6 is 0 Å². The van der Waals surface area contributed by atoms with E-state index in [9.17, 15) is 8.42 Å². The maximum absolute atomic E-state index is 12.3. The van der Waals surface area contributed by atoms with Gasteiger partial charge < -0.3 is 5.73 Å². The first-order valence-corrected chi connectivity index (χ1v) is 7.82. The molecule has 2 rings (SSSR count). The van der Waals surface area contributed by atoms with Crippen molar-refractivity contribution in [1.29, 1.82) is 0 Å². The van der Waals surface area contributed by atoms with Crippen LogP contribution in [-0.4, -0.2) is 8.42 Å². The van der Waals surface area contributed by atoms with E-state index in [1.165, 1.54) is 6.07 Å².